The molecule has 1 aromatic rings. The van der Waals surface area contributed by atoms with Gasteiger partial charge in [0, 0.05) is 24.6 Å². The predicted molar refractivity (Wildman–Crippen MR) is 84.6 cm³/mol. The van der Waals surface area contributed by atoms with Crippen molar-refractivity contribution in [2.24, 2.45) is 5.92 Å². The Bertz CT molecular complexity index is 514. The Kier molecular flexibility index (Phi) is 7.19. The molecule has 0 aliphatic carbocycles. The van der Waals surface area contributed by atoms with Crippen molar-refractivity contribution in [1.29, 1.82) is 0 Å². The van der Waals surface area contributed by atoms with Crippen LogP contribution in [0.1, 0.15) is 38.9 Å². The molecule has 0 radical (unpaired) electrons. The maximum atomic E-state index is 12.1. The summed E-state index contributed by atoms with van der Waals surface area (Å²) in [7, 11) is -3.48. The summed E-state index contributed by atoms with van der Waals surface area (Å²) >= 11 is 3.42. The van der Waals surface area contributed by atoms with Crippen LogP contribution >= 0.6 is 15.9 Å². The van der Waals surface area contributed by atoms with E-state index in [1.807, 2.05) is 11.5 Å². The standard InChI is InChI=1S/C13H24BrN3O2S/c1-4-8-17-10-13(16-12(17)3)20(18,19)15-7-5-6-11(2)9-14/h10-11,15H,4-9H2,1-3H3. The molecule has 1 atom stereocenters. The molecular formula is C13H24BrN3O2S. The van der Waals surface area contributed by atoms with E-state index in [9.17, 15) is 8.42 Å². The van der Waals surface area contributed by atoms with Gasteiger partial charge >= 0.3 is 0 Å². The second-order valence-electron chi connectivity index (χ2n) is 5.12. The van der Waals surface area contributed by atoms with Crippen molar-refractivity contribution >= 4 is 26.0 Å². The summed E-state index contributed by atoms with van der Waals surface area (Å²) in [4.78, 5) is 4.14. The fourth-order valence-corrected chi connectivity index (χ4v) is 3.29. The highest BCUT2D eigenvalue weighted by molar-refractivity contribution is 9.09. The summed E-state index contributed by atoms with van der Waals surface area (Å²) in [5.74, 6) is 1.30. The van der Waals surface area contributed by atoms with Gasteiger partial charge in [0.2, 0.25) is 0 Å². The van der Waals surface area contributed by atoms with Gasteiger partial charge in [0.25, 0.3) is 10.0 Å². The molecule has 1 rings (SSSR count). The van der Waals surface area contributed by atoms with Crippen molar-refractivity contribution in [3.8, 4) is 0 Å². The van der Waals surface area contributed by atoms with Crippen LogP contribution in [0.2, 0.25) is 0 Å². The number of nitrogens with one attached hydrogen (secondary N) is 1. The van der Waals surface area contributed by atoms with Crippen LogP contribution in [0.5, 0.6) is 0 Å². The number of nitrogens with zero attached hydrogens (tertiary/aromatic N) is 2. The van der Waals surface area contributed by atoms with E-state index >= 15 is 0 Å². The molecule has 0 spiro atoms. The van der Waals surface area contributed by atoms with Crippen LogP contribution in [-0.4, -0.2) is 29.8 Å². The van der Waals surface area contributed by atoms with Crippen molar-refractivity contribution < 1.29 is 8.42 Å². The summed E-state index contributed by atoms with van der Waals surface area (Å²) in [5, 5.41) is 1.07. The van der Waals surface area contributed by atoms with E-state index in [0.717, 1.165) is 37.0 Å². The number of sulfonamides is 1. The van der Waals surface area contributed by atoms with Crippen molar-refractivity contribution in [3.63, 3.8) is 0 Å². The summed E-state index contributed by atoms with van der Waals surface area (Å²) in [6.07, 6.45) is 4.40. The minimum atomic E-state index is -3.48. The first-order valence-electron chi connectivity index (χ1n) is 7.00. The molecule has 0 saturated carbocycles. The largest absolute Gasteiger partial charge is 0.334 e. The van der Waals surface area contributed by atoms with E-state index in [1.54, 1.807) is 6.20 Å². The van der Waals surface area contributed by atoms with Crippen molar-refractivity contribution in [2.45, 2.75) is 51.6 Å². The molecule has 116 valence electrons. The van der Waals surface area contributed by atoms with Crippen LogP contribution in [0.25, 0.3) is 0 Å². The highest BCUT2D eigenvalue weighted by Gasteiger charge is 2.18. The second-order valence-corrected chi connectivity index (χ2v) is 7.48. The van der Waals surface area contributed by atoms with E-state index < -0.39 is 10.0 Å². The lowest BCUT2D eigenvalue weighted by Crippen LogP contribution is -2.25. The Morgan fingerprint density at radius 3 is 2.80 bits per heavy atom. The maximum Gasteiger partial charge on any atom is 0.259 e. The fourth-order valence-electron chi connectivity index (χ4n) is 1.88. The van der Waals surface area contributed by atoms with Crippen molar-refractivity contribution in [2.75, 3.05) is 11.9 Å². The zero-order valence-electron chi connectivity index (χ0n) is 12.4. The van der Waals surface area contributed by atoms with Crippen LogP contribution in [0.3, 0.4) is 0 Å². The third-order valence-corrected chi connectivity index (χ3v) is 5.56. The molecule has 1 unspecified atom stereocenters. The number of aryl methyl sites for hydroxylation is 2. The summed E-state index contributed by atoms with van der Waals surface area (Å²) < 4.78 is 28.7. The Morgan fingerprint density at radius 2 is 2.20 bits per heavy atom. The zero-order chi connectivity index (χ0) is 15.2. The molecule has 0 bridgehead atoms. The molecule has 0 aliphatic heterocycles. The number of rotatable bonds is 9. The van der Waals surface area contributed by atoms with E-state index in [2.05, 4.69) is 39.5 Å². The number of aromatic nitrogens is 2. The number of hydrogen-bond donors (Lipinski definition) is 1. The Labute approximate surface area is 130 Å². The Balaban J connectivity index is 2.58. The second kappa shape index (κ2) is 8.14. The molecule has 0 amide bonds. The number of hydrogen-bond acceptors (Lipinski definition) is 3. The summed E-state index contributed by atoms with van der Waals surface area (Å²) in [6.45, 7) is 7.26. The summed E-state index contributed by atoms with van der Waals surface area (Å²) in [6, 6.07) is 0. The normalized spacial score (nSPS) is 13.6. The average Bonchev–Trinajstić information content (AvgIpc) is 2.77. The molecular weight excluding hydrogens is 342 g/mol. The number of imidazole rings is 1. The minimum absolute atomic E-state index is 0.122. The molecule has 1 N–H and O–H groups in total. The molecule has 20 heavy (non-hydrogen) atoms. The van der Waals surface area contributed by atoms with E-state index in [4.69, 9.17) is 0 Å². The van der Waals surface area contributed by atoms with Gasteiger partial charge in [0.15, 0.2) is 5.03 Å². The maximum absolute atomic E-state index is 12.1. The van der Waals surface area contributed by atoms with Crippen LogP contribution in [0, 0.1) is 12.8 Å². The SMILES string of the molecule is CCCn1cc(S(=O)(=O)NCCCC(C)CBr)nc1C. The monoisotopic (exact) mass is 365 g/mol. The zero-order valence-corrected chi connectivity index (χ0v) is 14.8. The lowest BCUT2D eigenvalue weighted by atomic mass is 10.1. The van der Waals surface area contributed by atoms with Gasteiger partial charge < -0.3 is 4.57 Å². The lowest BCUT2D eigenvalue weighted by molar-refractivity contribution is 0.545. The minimum Gasteiger partial charge on any atom is -0.334 e. The summed E-state index contributed by atoms with van der Waals surface area (Å²) in [5.41, 5.74) is 0. The van der Waals surface area contributed by atoms with E-state index in [1.165, 1.54) is 0 Å². The quantitative estimate of drug-likeness (QED) is 0.540. The van der Waals surface area contributed by atoms with Gasteiger partial charge in [-0.1, -0.05) is 29.8 Å². The van der Waals surface area contributed by atoms with Gasteiger partial charge in [0.1, 0.15) is 5.82 Å². The van der Waals surface area contributed by atoms with Crippen molar-refractivity contribution in [1.82, 2.24) is 14.3 Å². The smallest absolute Gasteiger partial charge is 0.259 e. The first-order chi connectivity index (χ1) is 9.40. The molecule has 1 heterocycles. The predicted octanol–water partition coefficient (Wildman–Crippen LogP) is 2.69. The van der Waals surface area contributed by atoms with Gasteiger partial charge in [0.05, 0.1) is 0 Å². The Hall–Kier alpha value is -0.400. The van der Waals surface area contributed by atoms with Gasteiger partial charge in [-0.2, -0.15) is 0 Å². The van der Waals surface area contributed by atoms with Gasteiger partial charge in [-0.3, -0.25) is 0 Å². The highest BCUT2D eigenvalue weighted by atomic mass is 79.9. The van der Waals surface area contributed by atoms with Crippen LogP contribution in [-0.2, 0) is 16.6 Å². The molecule has 7 heteroatoms. The highest BCUT2D eigenvalue weighted by Crippen LogP contribution is 2.11. The van der Waals surface area contributed by atoms with Gasteiger partial charge in [-0.05, 0) is 32.1 Å². The molecule has 5 nitrogen and oxygen atoms in total. The lowest BCUT2D eigenvalue weighted by Gasteiger charge is -2.07. The fraction of sp³-hybridized carbons (Fsp3) is 0.769. The van der Waals surface area contributed by atoms with Crippen molar-refractivity contribution in [3.05, 3.63) is 12.0 Å². The molecule has 0 fully saturated rings. The van der Waals surface area contributed by atoms with E-state index in [-0.39, 0.29) is 5.03 Å². The third-order valence-electron chi connectivity index (χ3n) is 3.12. The molecule has 0 saturated heterocycles. The Morgan fingerprint density at radius 1 is 1.50 bits per heavy atom. The topological polar surface area (TPSA) is 64.0 Å². The van der Waals surface area contributed by atoms with Crippen LogP contribution in [0.4, 0.5) is 0 Å². The van der Waals surface area contributed by atoms with Crippen LogP contribution in [0.15, 0.2) is 11.2 Å². The van der Waals surface area contributed by atoms with Gasteiger partial charge in [-0.15, -0.1) is 0 Å². The first kappa shape index (κ1) is 17.7. The molecule has 1 aromatic heterocycles. The van der Waals surface area contributed by atoms with Crippen LogP contribution < -0.4 is 4.72 Å². The first-order valence-corrected chi connectivity index (χ1v) is 9.60. The average molecular weight is 366 g/mol. The molecule has 0 aromatic carbocycles. The van der Waals surface area contributed by atoms with E-state index in [0.29, 0.717) is 12.5 Å². The van der Waals surface area contributed by atoms with Gasteiger partial charge in [-0.25, -0.2) is 18.1 Å². The third kappa shape index (κ3) is 5.18. The number of alkyl halides is 1. The molecule has 0 aliphatic rings. The number of halogens is 1.